The third-order valence-electron chi connectivity index (χ3n) is 3.02. The molecule has 0 saturated heterocycles. The highest BCUT2D eigenvalue weighted by Crippen LogP contribution is 2.33. The van der Waals surface area contributed by atoms with Crippen LogP contribution in [0.2, 0.25) is 0 Å². The Hall–Kier alpha value is -0.280. The van der Waals surface area contributed by atoms with E-state index in [0.717, 1.165) is 32.1 Å². The van der Waals surface area contributed by atoms with E-state index in [9.17, 15) is 4.79 Å². The van der Waals surface area contributed by atoms with E-state index in [2.05, 4.69) is 0 Å². The molecule has 1 aliphatic rings. The molecule has 0 aromatic rings. The zero-order chi connectivity index (χ0) is 9.19. The van der Waals surface area contributed by atoms with Crippen molar-refractivity contribution in [3.8, 4) is 0 Å². The number of halogens is 1. The van der Waals surface area contributed by atoms with Crippen LogP contribution in [0, 0.1) is 5.41 Å². The zero-order valence-electron chi connectivity index (χ0n) is 7.95. The van der Waals surface area contributed by atoms with Crippen molar-refractivity contribution in [2.75, 3.05) is 0 Å². The van der Waals surface area contributed by atoms with Crippen molar-refractivity contribution in [2.24, 2.45) is 11.1 Å². The maximum atomic E-state index is 11.0. The van der Waals surface area contributed by atoms with E-state index in [1.807, 2.05) is 0 Å². The molecule has 2 atom stereocenters. The quantitative estimate of drug-likeness (QED) is 0.645. The first kappa shape index (κ1) is 12.7. The fourth-order valence-electron chi connectivity index (χ4n) is 1.80. The summed E-state index contributed by atoms with van der Waals surface area (Å²) < 4.78 is 0. The largest absolute Gasteiger partial charge is 0.481 e. The summed E-state index contributed by atoms with van der Waals surface area (Å²) in [5.41, 5.74) is 5.15. The molecule has 13 heavy (non-hydrogen) atoms. The van der Waals surface area contributed by atoms with Crippen molar-refractivity contribution in [3.63, 3.8) is 0 Å². The Morgan fingerprint density at radius 3 is 2.62 bits per heavy atom. The first-order valence-corrected chi connectivity index (χ1v) is 4.56. The molecule has 3 N–H and O–H groups in total. The van der Waals surface area contributed by atoms with Crippen molar-refractivity contribution >= 4 is 18.4 Å². The van der Waals surface area contributed by atoms with Crippen LogP contribution in [0.1, 0.15) is 39.0 Å². The van der Waals surface area contributed by atoms with Gasteiger partial charge in [-0.05, 0) is 19.8 Å². The number of hydrogen-bond acceptors (Lipinski definition) is 2. The molecule has 0 radical (unpaired) electrons. The lowest BCUT2D eigenvalue weighted by atomic mass is 9.79. The fourth-order valence-corrected chi connectivity index (χ4v) is 1.80. The van der Waals surface area contributed by atoms with Gasteiger partial charge in [0.25, 0.3) is 0 Å². The molecule has 1 aliphatic carbocycles. The number of nitrogens with two attached hydrogens (primary N) is 1. The van der Waals surface area contributed by atoms with Gasteiger partial charge < -0.3 is 10.8 Å². The molecule has 2 unspecified atom stereocenters. The van der Waals surface area contributed by atoms with Crippen molar-refractivity contribution in [1.82, 2.24) is 0 Å². The van der Waals surface area contributed by atoms with Crippen LogP contribution in [0.4, 0.5) is 0 Å². The maximum absolute atomic E-state index is 11.0. The van der Waals surface area contributed by atoms with Gasteiger partial charge >= 0.3 is 5.97 Å². The molecular formula is C9H18ClNO2. The summed E-state index contributed by atoms with van der Waals surface area (Å²) in [5, 5.41) is 9.01. The Kier molecular flexibility index (Phi) is 4.71. The van der Waals surface area contributed by atoms with Gasteiger partial charge in [0.2, 0.25) is 0 Å². The molecule has 1 fully saturated rings. The number of hydrogen-bond donors (Lipinski definition) is 2. The minimum absolute atomic E-state index is 0. The molecule has 78 valence electrons. The Morgan fingerprint density at radius 2 is 2.08 bits per heavy atom. The summed E-state index contributed by atoms with van der Waals surface area (Å²) in [6, 6.07) is -0.169. The van der Waals surface area contributed by atoms with Crippen LogP contribution < -0.4 is 5.73 Å². The Balaban J connectivity index is 0.00000144. The predicted molar refractivity (Wildman–Crippen MR) is 54.1 cm³/mol. The van der Waals surface area contributed by atoms with Gasteiger partial charge in [-0.2, -0.15) is 0 Å². The SMILES string of the molecule is CC1(C(=O)O)CCCCCC1N.Cl. The second-order valence-corrected chi connectivity index (χ2v) is 3.93. The van der Waals surface area contributed by atoms with Crippen LogP contribution in [0.3, 0.4) is 0 Å². The molecule has 0 amide bonds. The van der Waals surface area contributed by atoms with Crippen molar-refractivity contribution in [3.05, 3.63) is 0 Å². The van der Waals surface area contributed by atoms with E-state index in [-0.39, 0.29) is 18.4 Å². The summed E-state index contributed by atoms with van der Waals surface area (Å²) in [5.74, 6) is -0.739. The number of carboxylic acid groups (broad SMARTS) is 1. The highest BCUT2D eigenvalue weighted by Gasteiger charge is 2.39. The summed E-state index contributed by atoms with van der Waals surface area (Å²) in [6.07, 6.45) is 4.77. The molecule has 1 rings (SSSR count). The van der Waals surface area contributed by atoms with Gasteiger partial charge in [-0.1, -0.05) is 19.3 Å². The minimum atomic E-state index is -0.739. The molecule has 0 aromatic carbocycles. The summed E-state index contributed by atoms with van der Waals surface area (Å²) in [7, 11) is 0. The monoisotopic (exact) mass is 207 g/mol. The van der Waals surface area contributed by atoms with Crippen LogP contribution in [0.25, 0.3) is 0 Å². The molecule has 1 saturated carbocycles. The van der Waals surface area contributed by atoms with Crippen molar-refractivity contribution < 1.29 is 9.90 Å². The maximum Gasteiger partial charge on any atom is 0.310 e. The van der Waals surface area contributed by atoms with Gasteiger partial charge in [0.1, 0.15) is 0 Å². The highest BCUT2D eigenvalue weighted by atomic mass is 35.5. The Morgan fingerprint density at radius 1 is 1.46 bits per heavy atom. The predicted octanol–water partition coefficient (Wildman–Crippen LogP) is 1.79. The van der Waals surface area contributed by atoms with E-state index in [4.69, 9.17) is 10.8 Å². The second-order valence-electron chi connectivity index (χ2n) is 3.93. The summed E-state index contributed by atoms with van der Waals surface area (Å²) in [6.45, 7) is 1.77. The molecule has 0 bridgehead atoms. The van der Waals surface area contributed by atoms with Gasteiger partial charge in [0, 0.05) is 6.04 Å². The van der Waals surface area contributed by atoms with E-state index < -0.39 is 11.4 Å². The first-order chi connectivity index (χ1) is 5.57. The van der Waals surface area contributed by atoms with Gasteiger partial charge in [-0.3, -0.25) is 4.79 Å². The van der Waals surface area contributed by atoms with E-state index in [1.54, 1.807) is 6.92 Å². The molecule has 4 heteroatoms. The van der Waals surface area contributed by atoms with E-state index in [1.165, 1.54) is 0 Å². The normalized spacial score (nSPS) is 34.5. The van der Waals surface area contributed by atoms with E-state index in [0.29, 0.717) is 0 Å². The van der Waals surface area contributed by atoms with Gasteiger partial charge in [-0.15, -0.1) is 12.4 Å². The van der Waals surface area contributed by atoms with Crippen LogP contribution in [-0.4, -0.2) is 17.1 Å². The van der Waals surface area contributed by atoms with Crippen molar-refractivity contribution in [2.45, 2.75) is 45.1 Å². The topological polar surface area (TPSA) is 63.3 Å². The number of aliphatic carboxylic acids is 1. The summed E-state index contributed by atoms with van der Waals surface area (Å²) in [4.78, 5) is 11.0. The average molecular weight is 208 g/mol. The molecule has 0 spiro atoms. The molecule has 0 heterocycles. The average Bonchev–Trinajstić information content (AvgIpc) is 2.16. The second kappa shape index (κ2) is 4.82. The van der Waals surface area contributed by atoms with Crippen LogP contribution >= 0.6 is 12.4 Å². The Bertz CT molecular complexity index is 186. The van der Waals surface area contributed by atoms with Gasteiger partial charge in [-0.25, -0.2) is 0 Å². The standard InChI is InChI=1S/C9H17NO2.ClH/c1-9(8(11)12)6-4-2-3-5-7(9)10;/h7H,2-6,10H2,1H3,(H,11,12);1H. The third-order valence-corrected chi connectivity index (χ3v) is 3.02. The Labute approximate surface area is 85.1 Å². The number of carbonyl (C=O) groups is 1. The highest BCUT2D eigenvalue weighted by molar-refractivity contribution is 5.85. The van der Waals surface area contributed by atoms with Crippen molar-refractivity contribution in [1.29, 1.82) is 0 Å². The van der Waals surface area contributed by atoms with Crippen LogP contribution in [-0.2, 0) is 4.79 Å². The summed E-state index contributed by atoms with van der Waals surface area (Å²) >= 11 is 0. The zero-order valence-corrected chi connectivity index (χ0v) is 8.77. The lowest BCUT2D eigenvalue weighted by Crippen LogP contribution is -2.44. The minimum Gasteiger partial charge on any atom is -0.481 e. The van der Waals surface area contributed by atoms with Gasteiger partial charge in [0.05, 0.1) is 5.41 Å². The third kappa shape index (κ3) is 2.58. The fraction of sp³-hybridized carbons (Fsp3) is 0.889. The number of rotatable bonds is 1. The lowest BCUT2D eigenvalue weighted by Gasteiger charge is -2.28. The van der Waals surface area contributed by atoms with Crippen LogP contribution in [0.15, 0.2) is 0 Å². The van der Waals surface area contributed by atoms with E-state index >= 15 is 0 Å². The molecular weight excluding hydrogens is 190 g/mol. The molecule has 3 nitrogen and oxygen atoms in total. The van der Waals surface area contributed by atoms with Gasteiger partial charge in [0.15, 0.2) is 0 Å². The smallest absolute Gasteiger partial charge is 0.310 e. The number of carboxylic acids is 1. The molecule has 0 aliphatic heterocycles. The molecule has 0 aromatic heterocycles. The lowest BCUT2D eigenvalue weighted by molar-refractivity contribution is -0.149. The van der Waals surface area contributed by atoms with Crippen LogP contribution in [0.5, 0.6) is 0 Å². The first-order valence-electron chi connectivity index (χ1n) is 4.56.